The molecule has 0 saturated heterocycles. The molecule has 0 amide bonds. The molecule has 0 unspecified atom stereocenters. The van der Waals surface area contributed by atoms with Gasteiger partial charge in [0.1, 0.15) is 11.6 Å². The highest BCUT2D eigenvalue weighted by Crippen LogP contribution is 2.30. The van der Waals surface area contributed by atoms with E-state index in [4.69, 9.17) is 9.84 Å². The van der Waals surface area contributed by atoms with E-state index in [-0.39, 0.29) is 12.4 Å². The molecule has 0 radical (unpaired) electrons. The minimum absolute atomic E-state index is 0.280. The van der Waals surface area contributed by atoms with Crippen LogP contribution in [0.25, 0.3) is 0 Å². The summed E-state index contributed by atoms with van der Waals surface area (Å²) in [7, 11) is 0. The van der Waals surface area contributed by atoms with E-state index in [1.807, 2.05) is 18.2 Å². The molecule has 1 fully saturated rings. The van der Waals surface area contributed by atoms with Gasteiger partial charge in [-0.2, -0.15) is 0 Å². The fourth-order valence-electron chi connectivity index (χ4n) is 2.48. The summed E-state index contributed by atoms with van der Waals surface area (Å²) in [6.45, 7) is 1.82. The van der Waals surface area contributed by atoms with Crippen molar-refractivity contribution in [2.75, 3.05) is 6.61 Å². The second-order valence-corrected chi connectivity index (χ2v) is 6.05. The molecule has 2 aromatic carbocycles. The van der Waals surface area contributed by atoms with Crippen molar-refractivity contribution in [1.82, 2.24) is 5.32 Å². The molecule has 0 heterocycles. The van der Waals surface area contributed by atoms with Crippen LogP contribution in [0.4, 0.5) is 4.39 Å². The lowest BCUT2D eigenvalue weighted by atomic mass is 10.1. The molecule has 4 heteroatoms. The predicted octanol–water partition coefficient (Wildman–Crippen LogP) is 3.40. The summed E-state index contributed by atoms with van der Waals surface area (Å²) in [5.41, 5.74) is 2.40. The van der Waals surface area contributed by atoms with Gasteiger partial charge in [0.2, 0.25) is 0 Å². The molecule has 0 spiro atoms. The first-order valence-corrected chi connectivity index (χ1v) is 8.06. The molecule has 3 rings (SSSR count). The number of ether oxygens (including phenoxy) is 1. The standard InChI is InChI=1S/C19H22FNO2/c20-18-8-7-15(9-17(18)12-22)10-21-11-16-3-1-2-4-19(16)23-13-14-5-6-14/h1-4,7-9,14,21-22H,5-6,10-13H2. The molecular formula is C19H22FNO2. The number of nitrogens with one attached hydrogen (secondary N) is 1. The number of rotatable bonds is 8. The SMILES string of the molecule is OCc1cc(CNCc2ccccc2OCC2CC2)ccc1F. The lowest BCUT2D eigenvalue weighted by molar-refractivity contribution is 0.275. The van der Waals surface area contributed by atoms with Crippen LogP contribution in [0, 0.1) is 11.7 Å². The summed E-state index contributed by atoms with van der Waals surface area (Å²) < 4.78 is 19.3. The van der Waals surface area contributed by atoms with Gasteiger partial charge in [0, 0.05) is 24.2 Å². The number of para-hydroxylation sites is 1. The Balaban J connectivity index is 1.55. The van der Waals surface area contributed by atoms with Crippen LogP contribution in [0.2, 0.25) is 0 Å². The van der Waals surface area contributed by atoms with Gasteiger partial charge in [-0.1, -0.05) is 24.3 Å². The van der Waals surface area contributed by atoms with Crippen molar-refractivity contribution < 1.29 is 14.2 Å². The van der Waals surface area contributed by atoms with Gasteiger partial charge in [0.25, 0.3) is 0 Å². The van der Waals surface area contributed by atoms with E-state index in [0.717, 1.165) is 29.4 Å². The van der Waals surface area contributed by atoms with Crippen LogP contribution in [-0.2, 0) is 19.7 Å². The van der Waals surface area contributed by atoms with E-state index in [1.165, 1.54) is 18.9 Å². The average molecular weight is 315 g/mol. The number of aliphatic hydroxyl groups excluding tert-OH is 1. The van der Waals surface area contributed by atoms with Gasteiger partial charge in [0.05, 0.1) is 13.2 Å². The summed E-state index contributed by atoms with van der Waals surface area (Å²) in [6.07, 6.45) is 2.55. The topological polar surface area (TPSA) is 41.5 Å². The zero-order chi connectivity index (χ0) is 16.1. The van der Waals surface area contributed by atoms with Crippen molar-refractivity contribution in [3.8, 4) is 5.75 Å². The highest BCUT2D eigenvalue weighted by molar-refractivity contribution is 5.33. The number of hydrogen-bond acceptors (Lipinski definition) is 3. The summed E-state index contributed by atoms with van der Waals surface area (Å²) in [4.78, 5) is 0. The van der Waals surface area contributed by atoms with Crippen LogP contribution in [0.3, 0.4) is 0 Å². The molecule has 1 saturated carbocycles. The summed E-state index contributed by atoms with van der Waals surface area (Å²) in [6, 6.07) is 12.9. The third-order valence-electron chi connectivity index (χ3n) is 4.07. The third kappa shape index (κ3) is 4.53. The Morgan fingerprint density at radius 2 is 1.91 bits per heavy atom. The molecule has 3 nitrogen and oxygen atoms in total. The molecule has 0 aliphatic heterocycles. The summed E-state index contributed by atoms with van der Waals surface area (Å²) >= 11 is 0. The predicted molar refractivity (Wildman–Crippen MR) is 87.5 cm³/mol. The molecule has 23 heavy (non-hydrogen) atoms. The van der Waals surface area contributed by atoms with E-state index in [9.17, 15) is 4.39 Å². The van der Waals surface area contributed by atoms with Gasteiger partial charge in [-0.3, -0.25) is 0 Å². The van der Waals surface area contributed by atoms with Gasteiger partial charge >= 0.3 is 0 Å². The van der Waals surface area contributed by atoms with Crippen LogP contribution in [0.5, 0.6) is 5.75 Å². The van der Waals surface area contributed by atoms with Crippen molar-refractivity contribution in [2.45, 2.75) is 32.5 Å². The fourth-order valence-corrected chi connectivity index (χ4v) is 2.48. The molecule has 122 valence electrons. The third-order valence-corrected chi connectivity index (χ3v) is 4.07. The van der Waals surface area contributed by atoms with E-state index >= 15 is 0 Å². The second kappa shape index (κ2) is 7.57. The van der Waals surface area contributed by atoms with Gasteiger partial charge in [-0.15, -0.1) is 0 Å². The largest absolute Gasteiger partial charge is 0.493 e. The number of benzene rings is 2. The fraction of sp³-hybridized carbons (Fsp3) is 0.368. The lowest BCUT2D eigenvalue weighted by Crippen LogP contribution is -2.14. The Kier molecular flexibility index (Phi) is 5.26. The van der Waals surface area contributed by atoms with Crippen LogP contribution in [0.1, 0.15) is 29.5 Å². The first kappa shape index (κ1) is 16.0. The maximum atomic E-state index is 13.4. The van der Waals surface area contributed by atoms with Crippen molar-refractivity contribution in [3.63, 3.8) is 0 Å². The monoisotopic (exact) mass is 315 g/mol. The zero-order valence-corrected chi connectivity index (χ0v) is 13.1. The number of halogens is 1. The number of hydrogen-bond donors (Lipinski definition) is 2. The van der Waals surface area contributed by atoms with Crippen LogP contribution in [0.15, 0.2) is 42.5 Å². The van der Waals surface area contributed by atoms with Crippen molar-refractivity contribution in [2.24, 2.45) is 5.92 Å². The number of aliphatic hydroxyl groups is 1. The Morgan fingerprint density at radius 3 is 2.70 bits per heavy atom. The normalized spacial score (nSPS) is 14.0. The molecule has 1 aliphatic carbocycles. The Morgan fingerprint density at radius 1 is 1.09 bits per heavy atom. The maximum Gasteiger partial charge on any atom is 0.128 e. The van der Waals surface area contributed by atoms with Gasteiger partial charge in [0.15, 0.2) is 0 Å². The van der Waals surface area contributed by atoms with Crippen LogP contribution < -0.4 is 10.1 Å². The van der Waals surface area contributed by atoms with E-state index < -0.39 is 0 Å². The maximum absolute atomic E-state index is 13.4. The van der Waals surface area contributed by atoms with E-state index in [2.05, 4.69) is 11.4 Å². The van der Waals surface area contributed by atoms with Gasteiger partial charge in [-0.25, -0.2) is 4.39 Å². The van der Waals surface area contributed by atoms with Crippen LogP contribution in [-0.4, -0.2) is 11.7 Å². The van der Waals surface area contributed by atoms with Gasteiger partial charge in [-0.05, 0) is 42.5 Å². The Hall–Kier alpha value is -1.91. The van der Waals surface area contributed by atoms with E-state index in [1.54, 1.807) is 12.1 Å². The highest BCUT2D eigenvalue weighted by atomic mass is 19.1. The first-order valence-electron chi connectivity index (χ1n) is 8.06. The van der Waals surface area contributed by atoms with Gasteiger partial charge < -0.3 is 15.2 Å². The minimum atomic E-state index is -0.366. The van der Waals surface area contributed by atoms with Crippen molar-refractivity contribution in [3.05, 3.63) is 65.0 Å². The molecule has 2 N–H and O–H groups in total. The van der Waals surface area contributed by atoms with Crippen LogP contribution >= 0.6 is 0 Å². The molecule has 2 aromatic rings. The Bertz CT molecular complexity index is 656. The lowest BCUT2D eigenvalue weighted by Gasteiger charge is -2.12. The van der Waals surface area contributed by atoms with Crippen molar-refractivity contribution >= 4 is 0 Å². The second-order valence-electron chi connectivity index (χ2n) is 6.05. The zero-order valence-electron chi connectivity index (χ0n) is 13.1. The summed E-state index contributed by atoms with van der Waals surface area (Å²) in [5.74, 6) is 1.30. The smallest absolute Gasteiger partial charge is 0.128 e. The van der Waals surface area contributed by atoms with E-state index in [0.29, 0.717) is 18.7 Å². The highest BCUT2D eigenvalue weighted by Gasteiger charge is 2.22. The summed E-state index contributed by atoms with van der Waals surface area (Å²) in [5, 5.41) is 12.5. The molecule has 0 aromatic heterocycles. The average Bonchev–Trinajstić information content (AvgIpc) is 3.40. The molecule has 0 bridgehead atoms. The molecule has 1 aliphatic rings. The van der Waals surface area contributed by atoms with Crippen molar-refractivity contribution in [1.29, 1.82) is 0 Å². The molecular weight excluding hydrogens is 293 g/mol. The quantitative estimate of drug-likeness (QED) is 0.784. The minimum Gasteiger partial charge on any atom is -0.493 e. The molecule has 0 atom stereocenters. The first-order chi connectivity index (χ1) is 11.3. The Labute approximate surface area is 136 Å².